The van der Waals surface area contributed by atoms with Gasteiger partial charge in [-0.2, -0.15) is 0 Å². The maximum Gasteiger partial charge on any atom is 0.369 e. The fraction of sp³-hybridized carbons (Fsp3) is 0.200. The Kier molecular flexibility index (Phi) is 8.38. The average Bonchev–Trinajstić information content (AvgIpc) is 3.30. The minimum atomic E-state index is -0.789. The van der Waals surface area contributed by atoms with Gasteiger partial charge >= 0.3 is 5.82 Å². The number of hydrogen-bond acceptors (Lipinski definition) is 9. The van der Waals surface area contributed by atoms with E-state index in [1.165, 1.54) is 18.6 Å². The molecule has 206 valence electrons. The van der Waals surface area contributed by atoms with Gasteiger partial charge in [-0.25, -0.2) is 15.0 Å². The number of nitro groups is 1. The number of aliphatic imine (C=N–C) groups is 1. The number of aromatic nitrogens is 3. The van der Waals surface area contributed by atoms with Crippen molar-refractivity contribution in [3.8, 4) is 0 Å². The second-order valence-corrected chi connectivity index (χ2v) is 10.3. The van der Waals surface area contributed by atoms with Crippen LogP contribution in [0.5, 0.6) is 0 Å². The van der Waals surface area contributed by atoms with Gasteiger partial charge in [-0.3, -0.25) is 9.59 Å². The second-order valence-electron chi connectivity index (χ2n) is 9.51. The third-order valence-electron chi connectivity index (χ3n) is 5.84. The molecule has 1 aliphatic rings. The van der Waals surface area contributed by atoms with Crippen LogP contribution >= 0.6 is 23.2 Å². The smallest absolute Gasteiger partial charge is 0.363 e. The molecule has 40 heavy (non-hydrogen) atoms. The van der Waals surface area contributed by atoms with Crippen LogP contribution in [0.4, 0.5) is 17.3 Å². The van der Waals surface area contributed by atoms with Gasteiger partial charge in [-0.1, -0.05) is 23.2 Å². The largest absolute Gasteiger partial charge is 0.369 e. The molecule has 0 bridgehead atoms. The van der Waals surface area contributed by atoms with Crippen molar-refractivity contribution in [3.63, 3.8) is 0 Å². The summed E-state index contributed by atoms with van der Waals surface area (Å²) in [6.45, 7) is 0.605. The number of anilines is 3. The quantitative estimate of drug-likeness (QED) is 0.140. The first-order chi connectivity index (χ1) is 18.9. The van der Waals surface area contributed by atoms with Crippen LogP contribution in [0.25, 0.3) is 10.9 Å². The minimum absolute atomic E-state index is 0.0246. The van der Waals surface area contributed by atoms with Crippen LogP contribution in [-0.4, -0.2) is 69.1 Å². The number of likely N-dealkylation sites (N-methyl/N-ethyl adjacent to an activating group) is 1. The first-order valence-corrected chi connectivity index (χ1v) is 12.5. The number of amides is 2. The van der Waals surface area contributed by atoms with Crippen LogP contribution in [0, 0.1) is 10.1 Å². The number of quaternary nitrogens is 1. The summed E-state index contributed by atoms with van der Waals surface area (Å²) in [6.07, 6.45) is 5.93. The number of rotatable bonds is 10. The molecule has 0 radical (unpaired) electrons. The fourth-order valence-corrected chi connectivity index (χ4v) is 4.30. The van der Waals surface area contributed by atoms with Crippen LogP contribution in [0.1, 0.15) is 6.42 Å². The third kappa shape index (κ3) is 6.94. The molecule has 0 aliphatic carbocycles. The SMILES string of the molecule is C[N+](C)(C/C=C/C(=O)Nc1cc2c(Nc3ccc(Cl)c(Cl)c3)ncnc2cn1)CC1=C([N+](=O)[O-])N=C(C(N)=O)C1. The molecule has 2 amide bonds. The molecule has 0 spiro atoms. The summed E-state index contributed by atoms with van der Waals surface area (Å²) in [4.78, 5) is 51.3. The molecule has 1 aromatic carbocycles. The normalized spacial score (nSPS) is 13.6. The predicted octanol–water partition coefficient (Wildman–Crippen LogP) is 3.46. The maximum atomic E-state index is 12.6. The van der Waals surface area contributed by atoms with E-state index in [4.69, 9.17) is 28.9 Å². The molecule has 0 saturated heterocycles. The number of carbonyl (C=O) groups is 2. The Morgan fingerprint density at radius 3 is 2.65 bits per heavy atom. The molecule has 1 aliphatic heterocycles. The van der Waals surface area contributed by atoms with Crippen molar-refractivity contribution in [2.24, 2.45) is 10.7 Å². The number of nitrogens with zero attached hydrogens (tertiary/aromatic N) is 6. The highest BCUT2D eigenvalue weighted by Gasteiger charge is 2.35. The molecule has 3 heterocycles. The van der Waals surface area contributed by atoms with Crippen molar-refractivity contribution in [2.45, 2.75) is 6.42 Å². The summed E-state index contributed by atoms with van der Waals surface area (Å²) in [5.74, 6) is -0.808. The number of benzene rings is 1. The maximum absolute atomic E-state index is 12.6. The Morgan fingerprint density at radius 1 is 1.18 bits per heavy atom. The van der Waals surface area contributed by atoms with E-state index in [1.54, 1.807) is 30.3 Å². The number of nitrogens with two attached hydrogens (primary N) is 1. The van der Waals surface area contributed by atoms with Gasteiger partial charge in [0.05, 0.1) is 54.4 Å². The highest BCUT2D eigenvalue weighted by Crippen LogP contribution is 2.29. The molecular weight excluding hydrogens is 561 g/mol. The number of primary amides is 1. The van der Waals surface area contributed by atoms with Crippen LogP contribution in [-0.2, 0) is 9.59 Å². The zero-order valence-electron chi connectivity index (χ0n) is 21.4. The van der Waals surface area contributed by atoms with Crippen molar-refractivity contribution in [1.82, 2.24) is 15.0 Å². The standard InChI is InChI=1S/C25H23Cl2N9O4/c1-36(2,12-14-8-19(23(28)38)33-25(14)35(39)40)7-3-4-22(37)34-21-10-16-20(11-29-21)30-13-31-24(16)32-15-5-6-17(26)18(27)9-15/h3-6,9-11,13H,7-8,12H2,1-2H3,(H3-,28,29,30,31,32,33,34,37,38)/p+1/b4-3+. The predicted molar refractivity (Wildman–Crippen MR) is 152 cm³/mol. The lowest BCUT2D eigenvalue weighted by molar-refractivity contribution is -0.880. The van der Waals surface area contributed by atoms with E-state index in [1.807, 2.05) is 14.1 Å². The molecule has 4 N–H and O–H groups in total. The van der Waals surface area contributed by atoms with E-state index in [-0.39, 0.29) is 34.8 Å². The van der Waals surface area contributed by atoms with Gasteiger partial charge in [-0.05, 0) is 40.3 Å². The topological polar surface area (TPSA) is 178 Å². The van der Waals surface area contributed by atoms with Crippen LogP contribution < -0.4 is 16.4 Å². The van der Waals surface area contributed by atoms with Crippen LogP contribution in [0.3, 0.4) is 0 Å². The van der Waals surface area contributed by atoms with Gasteiger partial charge in [-0.15, -0.1) is 0 Å². The van der Waals surface area contributed by atoms with Crippen molar-refractivity contribution in [2.75, 3.05) is 37.8 Å². The molecule has 4 rings (SSSR count). The Hall–Kier alpha value is -4.46. The highest BCUT2D eigenvalue weighted by atomic mass is 35.5. The van der Waals surface area contributed by atoms with Gasteiger partial charge in [0.15, 0.2) is 0 Å². The van der Waals surface area contributed by atoms with Crippen LogP contribution in [0.2, 0.25) is 10.0 Å². The molecule has 13 nitrogen and oxygen atoms in total. The lowest BCUT2D eigenvalue weighted by atomic mass is 10.1. The summed E-state index contributed by atoms with van der Waals surface area (Å²) < 4.78 is 0.271. The van der Waals surface area contributed by atoms with Crippen molar-refractivity contribution >= 4 is 69.0 Å². The van der Waals surface area contributed by atoms with Gasteiger partial charge < -0.3 is 31.0 Å². The number of fused-ring (bicyclic) bond motifs is 1. The van der Waals surface area contributed by atoms with E-state index < -0.39 is 16.7 Å². The lowest BCUT2D eigenvalue weighted by Gasteiger charge is -2.28. The highest BCUT2D eigenvalue weighted by molar-refractivity contribution is 6.42. The Balaban J connectivity index is 1.41. The Bertz CT molecular complexity index is 1620. The Morgan fingerprint density at radius 2 is 1.95 bits per heavy atom. The van der Waals surface area contributed by atoms with Gasteiger partial charge in [0, 0.05) is 17.1 Å². The van der Waals surface area contributed by atoms with E-state index in [9.17, 15) is 19.7 Å². The molecule has 0 fully saturated rings. The average molecular weight is 585 g/mol. The summed E-state index contributed by atoms with van der Waals surface area (Å²) in [7, 11) is 3.67. The first kappa shape index (κ1) is 28.5. The van der Waals surface area contributed by atoms with E-state index in [2.05, 4.69) is 30.6 Å². The van der Waals surface area contributed by atoms with E-state index in [0.29, 0.717) is 44.6 Å². The number of hydrogen-bond donors (Lipinski definition) is 3. The van der Waals surface area contributed by atoms with Crippen LogP contribution in [0.15, 0.2) is 65.3 Å². The number of pyridine rings is 1. The van der Waals surface area contributed by atoms with Crippen molar-refractivity contribution < 1.29 is 19.0 Å². The number of halogens is 2. The zero-order chi connectivity index (χ0) is 29.0. The summed E-state index contributed by atoms with van der Waals surface area (Å²) >= 11 is 12.1. The van der Waals surface area contributed by atoms with Crippen molar-refractivity contribution in [1.29, 1.82) is 0 Å². The number of nitrogens with one attached hydrogen (secondary N) is 2. The minimum Gasteiger partial charge on any atom is -0.363 e. The molecule has 15 heteroatoms. The number of carbonyl (C=O) groups excluding carboxylic acids is 2. The molecule has 0 saturated carbocycles. The second kappa shape index (κ2) is 11.7. The summed E-state index contributed by atoms with van der Waals surface area (Å²) in [6, 6.07) is 6.72. The van der Waals surface area contributed by atoms with Gasteiger partial charge in [0.25, 0.3) is 5.91 Å². The third-order valence-corrected chi connectivity index (χ3v) is 6.58. The van der Waals surface area contributed by atoms with Gasteiger partial charge in [0.1, 0.15) is 24.5 Å². The summed E-state index contributed by atoms with van der Waals surface area (Å²) in [5, 5.41) is 18.6. The monoisotopic (exact) mass is 584 g/mol. The molecule has 3 aromatic rings. The molecule has 0 unspecified atom stereocenters. The Labute approximate surface area is 238 Å². The van der Waals surface area contributed by atoms with E-state index in [0.717, 1.165) is 0 Å². The van der Waals surface area contributed by atoms with E-state index >= 15 is 0 Å². The molecule has 0 atom stereocenters. The lowest BCUT2D eigenvalue weighted by Crippen LogP contribution is -2.41. The zero-order valence-corrected chi connectivity index (χ0v) is 22.9. The van der Waals surface area contributed by atoms with Gasteiger partial charge in [0.2, 0.25) is 11.6 Å². The molecule has 2 aromatic heterocycles. The molecular formula is C25H24Cl2N9O4+. The summed E-state index contributed by atoms with van der Waals surface area (Å²) in [5.41, 5.74) is 6.82. The first-order valence-electron chi connectivity index (χ1n) is 11.8. The fourth-order valence-electron chi connectivity index (χ4n) is 4.00. The van der Waals surface area contributed by atoms with Crippen molar-refractivity contribution in [3.05, 3.63) is 80.5 Å².